The summed E-state index contributed by atoms with van der Waals surface area (Å²) in [6, 6.07) is 3.59. The number of aromatic nitrogens is 2. The van der Waals surface area contributed by atoms with E-state index in [1.165, 1.54) is 10.6 Å². The summed E-state index contributed by atoms with van der Waals surface area (Å²) in [4.78, 5) is 28.3. The lowest BCUT2D eigenvalue weighted by Crippen LogP contribution is -2.33. The largest absolute Gasteiger partial charge is 0.393 e. The van der Waals surface area contributed by atoms with Crippen LogP contribution in [0, 0.1) is 6.92 Å². The molecular weight excluding hydrogens is 258 g/mol. The van der Waals surface area contributed by atoms with Gasteiger partial charge in [0.15, 0.2) is 0 Å². The average molecular weight is 275 g/mol. The lowest BCUT2D eigenvalue weighted by atomic mass is 10.2. The third-order valence-electron chi connectivity index (χ3n) is 3.02. The minimum Gasteiger partial charge on any atom is -0.393 e. The van der Waals surface area contributed by atoms with E-state index in [1.807, 2.05) is 13.0 Å². The molecule has 2 aromatic rings. The van der Waals surface area contributed by atoms with Crippen LogP contribution in [0.25, 0.3) is 5.65 Å². The number of hydrogen-bond donors (Lipinski definition) is 2. The number of carbonyl (C=O) groups is 1. The normalized spacial score (nSPS) is 12.3. The number of aliphatic hydroxyl groups is 1. The molecule has 0 aromatic carbocycles. The fourth-order valence-corrected chi connectivity index (χ4v) is 1.89. The first-order valence-corrected chi connectivity index (χ1v) is 6.44. The molecule has 2 aromatic heterocycles. The number of carbonyl (C=O) groups excluding carboxylic acids is 1. The molecule has 6 heteroatoms. The van der Waals surface area contributed by atoms with Gasteiger partial charge in [0.25, 0.3) is 11.5 Å². The highest BCUT2D eigenvalue weighted by Gasteiger charge is 2.13. The number of amides is 1. The van der Waals surface area contributed by atoms with Gasteiger partial charge >= 0.3 is 0 Å². The first-order chi connectivity index (χ1) is 9.50. The van der Waals surface area contributed by atoms with E-state index in [0.717, 1.165) is 5.56 Å². The molecular formula is C14H17N3O3. The molecule has 0 aliphatic heterocycles. The Labute approximate surface area is 116 Å². The lowest BCUT2D eigenvalue weighted by Gasteiger charge is -2.08. The van der Waals surface area contributed by atoms with E-state index in [0.29, 0.717) is 18.6 Å². The Bertz CT molecular complexity index is 692. The predicted molar refractivity (Wildman–Crippen MR) is 74.8 cm³/mol. The predicted octanol–water partition coefficient (Wildman–Crippen LogP) is 0.504. The second kappa shape index (κ2) is 5.83. The maximum atomic E-state index is 12.2. The van der Waals surface area contributed by atoms with Gasteiger partial charge in [-0.1, -0.05) is 6.07 Å². The third-order valence-corrected chi connectivity index (χ3v) is 3.02. The fraction of sp³-hybridized carbons (Fsp3) is 0.357. The van der Waals surface area contributed by atoms with Crippen molar-refractivity contribution >= 4 is 11.6 Å². The Morgan fingerprint density at radius 3 is 3.00 bits per heavy atom. The molecule has 20 heavy (non-hydrogen) atoms. The molecule has 0 aliphatic rings. The van der Waals surface area contributed by atoms with Crippen LogP contribution in [0.5, 0.6) is 0 Å². The van der Waals surface area contributed by atoms with Crippen LogP contribution in [-0.2, 0) is 0 Å². The fourth-order valence-electron chi connectivity index (χ4n) is 1.89. The van der Waals surface area contributed by atoms with Gasteiger partial charge in [0.05, 0.1) is 6.10 Å². The quantitative estimate of drug-likeness (QED) is 0.851. The van der Waals surface area contributed by atoms with Crippen molar-refractivity contribution in [1.82, 2.24) is 14.7 Å². The van der Waals surface area contributed by atoms with Gasteiger partial charge in [0.2, 0.25) is 0 Å². The molecule has 1 amide bonds. The minimum absolute atomic E-state index is 0.00121. The summed E-state index contributed by atoms with van der Waals surface area (Å²) in [6.45, 7) is 3.80. The van der Waals surface area contributed by atoms with E-state index in [2.05, 4.69) is 10.3 Å². The Morgan fingerprint density at radius 1 is 1.55 bits per heavy atom. The zero-order valence-corrected chi connectivity index (χ0v) is 11.5. The van der Waals surface area contributed by atoms with Crippen molar-refractivity contribution in [3.8, 4) is 0 Å². The van der Waals surface area contributed by atoms with Gasteiger partial charge in [-0.15, -0.1) is 0 Å². The lowest BCUT2D eigenvalue weighted by molar-refractivity contribution is 0.0943. The Balaban J connectivity index is 2.29. The molecule has 2 N–H and O–H groups in total. The van der Waals surface area contributed by atoms with Crippen molar-refractivity contribution in [2.24, 2.45) is 0 Å². The topological polar surface area (TPSA) is 83.7 Å². The molecule has 1 unspecified atom stereocenters. The third kappa shape index (κ3) is 2.85. The second-order valence-electron chi connectivity index (χ2n) is 4.76. The van der Waals surface area contributed by atoms with Crippen molar-refractivity contribution in [2.75, 3.05) is 6.54 Å². The molecule has 106 valence electrons. The van der Waals surface area contributed by atoms with E-state index in [-0.39, 0.29) is 5.56 Å². The zero-order valence-electron chi connectivity index (χ0n) is 11.5. The number of nitrogens with one attached hydrogen (secondary N) is 1. The van der Waals surface area contributed by atoms with E-state index in [1.54, 1.807) is 19.2 Å². The highest BCUT2D eigenvalue weighted by Crippen LogP contribution is 2.04. The molecule has 0 saturated carbocycles. The van der Waals surface area contributed by atoms with Crippen LogP contribution in [0.1, 0.15) is 29.3 Å². The molecule has 6 nitrogen and oxygen atoms in total. The number of rotatable bonds is 4. The van der Waals surface area contributed by atoms with Gasteiger partial charge in [0.1, 0.15) is 11.2 Å². The molecule has 0 spiro atoms. The first-order valence-electron chi connectivity index (χ1n) is 6.44. The number of hydrogen-bond acceptors (Lipinski definition) is 4. The summed E-state index contributed by atoms with van der Waals surface area (Å²) >= 11 is 0. The number of aliphatic hydroxyl groups excluding tert-OH is 1. The summed E-state index contributed by atoms with van der Waals surface area (Å²) in [6.07, 6.45) is 2.83. The van der Waals surface area contributed by atoms with E-state index >= 15 is 0 Å². The van der Waals surface area contributed by atoms with Crippen molar-refractivity contribution < 1.29 is 9.90 Å². The van der Waals surface area contributed by atoms with Gasteiger partial charge in [-0.3, -0.25) is 14.0 Å². The van der Waals surface area contributed by atoms with Crippen LogP contribution in [0.2, 0.25) is 0 Å². The summed E-state index contributed by atoms with van der Waals surface area (Å²) in [5, 5.41) is 11.7. The Hall–Kier alpha value is -2.21. The van der Waals surface area contributed by atoms with E-state index in [9.17, 15) is 9.59 Å². The van der Waals surface area contributed by atoms with E-state index < -0.39 is 17.6 Å². The van der Waals surface area contributed by atoms with Crippen LogP contribution in [-0.4, -0.2) is 33.0 Å². The van der Waals surface area contributed by atoms with Crippen molar-refractivity contribution in [2.45, 2.75) is 26.4 Å². The Morgan fingerprint density at radius 2 is 2.30 bits per heavy atom. The number of aryl methyl sites for hydroxylation is 1. The van der Waals surface area contributed by atoms with Crippen LogP contribution >= 0.6 is 0 Å². The zero-order chi connectivity index (χ0) is 14.7. The van der Waals surface area contributed by atoms with Crippen molar-refractivity contribution in [1.29, 1.82) is 0 Å². The number of pyridine rings is 1. The second-order valence-corrected chi connectivity index (χ2v) is 4.76. The maximum Gasteiger partial charge on any atom is 0.270 e. The monoisotopic (exact) mass is 275 g/mol. The smallest absolute Gasteiger partial charge is 0.270 e. The molecule has 2 heterocycles. The van der Waals surface area contributed by atoms with Crippen LogP contribution in [0.15, 0.2) is 29.3 Å². The van der Waals surface area contributed by atoms with Gasteiger partial charge < -0.3 is 10.4 Å². The molecule has 0 bridgehead atoms. The molecule has 0 saturated heterocycles. The number of nitrogens with zero attached hydrogens (tertiary/aromatic N) is 2. The van der Waals surface area contributed by atoms with Gasteiger partial charge in [-0.25, -0.2) is 4.98 Å². The van der Waals surface area contributed by atoms with Crippen LogP contribution in [0.3, 0.4) is 0 Å². The van der Waals surface area contributed by atoms with Gasteiger partial charge in [-0.05, 0) is 31.9 Å². The van der Waals surface area contributed by atoms with Crippen LogP contribution < -0.4 is 10.9 Å². The molecule has 1 atom stereocenters. The molecule has 0 fully saturated rings. The standard InChI is InChI=1S/C14H17N3O3/c1-9-4-3-7-17-12(9)16-8-11(14(17)20)13(19)15-6-5-10(2)18/h3-4,7-8,10,18H,5-6H2,1-2H3,(H,15,19). The minimum atomic E-state index is -0.492. The maximum absolute atomic E-state index is 12.2. The SMILES string of the molecule is Cc1cccn2c(=O)c(C(=O)NCCC(C)O)cnc12. The van der Waals surface area contributed by atoms with Gasteiger partial charge in [0, 0.05) is 18.9 Å². The number of fused-ring (bicyclic) bond motifs is 1. The Kier molecular flexibility index (Phi) is 4.14. The molecule has 2 rings (SSSR count). The van der Waals surface area contributed by atoms with E-state index in [4.69, 9.17) is 5.11 Å². The highest BCUT2D eigenvalue weighted by atomic mass is 16.3. The summed E-state index contributed by atoms with van der Waals surface area (Å²) in [5.41, 5.74) is 1.01. The average Bonchev–Trinajstić information content (AvgIpc) is 2.39. The summed E-state index contributed by atoms with van der Waals surface area (Å²) < 4.78 is 1.36. The highest BCUT2D eigenvalue weighted by molar-refractivity contribution is 5.93. The van der Waals surface area contributed by atoms with Crippen molar-refractivity contribution in [3.05, 3.63) is 46.0 Å². The van der Waals surface area contributed by atoms with Gasteiger partial charge in [-0.2, -0.15) is 0 Å². The van der Waals surface area contributed by atoms with Crippen molar-refractivity contribution in [3.63, 3.8) is 0 Å². The first kappa shape index (κ1) is 14.2. The summed E-state index contributed by atoms with van der Waals surface area (Å²) in [7, 11) is 0. The summed E-state index contributed by atoms with van der Waals surface area (Å²) in [5.74, 6) is -0.473. The molecule has 0 radical (unpaired) electrons. The molecule has 0 aliphatic carbocycles. The van der Waals surface area contributed by atoms with Crippen LogP contribution in [0.4, 0.5) is 0 Å².